The van der Waals surface area contributed by atoms with Crippen molar-refractivity contribution in [1.29, 1.82) is 0 Å². The molecule has 0 aromatic carbocycles. The Hall–Kier alpha value is -0.900. The van der Waals surface area contributed by atoms with Gasteiger partial charge in [-0.25, -0.2) is 4.98 Å². The Balaban J connectivity index is 1.75. The van der Waals surface area contributed by atoms with Gasteiger partial charge in [-0.1, -0.05) is 19.3 Å². The second-order valence-corrected chi connectivity index (χ2v) is 4.81. The van der Waals surface area contributed by atoms with Crippen molar-refractivity contribution in [3.8, 4) is 0 Å². The fourth-order valence-corrected chi connectivity index (χ4v) is 2.58. The Morgan fingerprint density at radius 3 is 2.93 bits per heavy atom. The topological polar surface area (TPSA) is 42.0 Å². The Morgan fingerprint density at radius 1 is 1.47 bits per heavy atom. The molecule has 15 heavy (non-hydrogen) atoms. The zero-order chi connectivity index (χ0) is 10.5. The van der Waals surface area contributed by atoms with E-state index in [0.717, 1.165) is 6.54 Å². The number of hydrogen-bond acceptors (Lipinski definition) is 3. The van der Waals surface area contributed by atoms with Crippen molar-refractivity contribution in [2.24, 2.45) is 5.92 Å². The first-order chi connectivity index (χ1) is 7.36. The summed E-state index contributed by atoms with van der Waals surface area (Å²) >= 11 is 1.46. The Labute approximate surface area is 93.9 Å². The molecule has 1 heterocycles. The van der Waals surface area contributed by atoms with Crippen molar-refractivity contribution in [1.82, 2.24) is 10.3 Å². The number of nitrogens with zero attached hydrogens (tertiary/aromatic N) is 1. The summed E-state index contributed by atoms with van der Waals surface area (Å²) in [6.45, 7) is 0.816. The first kappa shape index (κ1) is 10.6. The van der Waals surface area contributed by atoms with E-state index >= 15 is 0 Å². The molecule has 1 aromatic rings. The molecule has 1 fully saturated rings. The van der Waals surface area contributed by atoms with E-state index in [9.17, 15) is 4.79 Å². The highest BCUT2D eigenvalue weighted by atomic mass is 32.1. The predicted molar refractivity (Wildman–Crippen MR) is 61.0 cm³/mol. The molecule has 1 saturated carbocycles. The Bertz CT molecular complexity index is 304. The lowest BCUT2D eigenvalue weighted by Gasteiger charge is -2.21. The molecule has 0 atom stereocenters. The monoisotopic (exact) mass is 224 g/mol. The summed E-state index contributed by atoms with van der Waals surface area (Å²) in [5, 5.41) is 4.75. The lowest BCUT2D eigenvalue weighted by atomic mass is 9.89. The highest BCUT2D eigenvalue weighted by Gasteiger charge is 2.15. The van der Waals surface area contributed by atoms with Gasteiger partial charge in [0.05, 0.1) is 5.51 Å². The minimum atomic E-state index is -0.0261. The number of carbonyl (C=O) groups excluding carboxylic acids is 1. The zero-order valence-corrected chi connectivity index (χ0v) is 9.55. The maximum absolute atomic E-state index is 11.6. The second-order valence-electron chi connectivity index (χ2n) is 4.09. The van der Waals surface area contributed by atoms with Gasteiger partial charge in [-0.2, -0.15) is 0 Å². The molecule has 0 bridgehead atoms. The number of aromatic nitrogens is 1. The van der Waals surface area contributed by atoms with E-state index in [2.05, 4.69) is 10.3 Å². The van der Waals surface area contributed by atoms with Crippen LogP contribution in [0.1, 0.15) is 42.6 Å². The third-order valence-electron chi connectivity index (χ3n) is 2.94. The number of rotatable bonds is 3. The number of amides is 1. The molecule has 2 rings (SSSR count). The molecule has 0 saturated heterocycles. The predicted octanol–water partition coefficient (Wildman–Crippen LogP) is 2.45. The van der Waals surface area contributed by atoms with E-state index in [1.807, 2.05) is 0 Å². The van der Waals surface area contributed by atoms with Crippen LogP contribution in [0.15, 0.2) is 10.9 Å². The normalized spacial score (nSPS) is 17.6. The van der Waals surface area contributed by atoms with Gasteiger partial charge in [0.1, 0.15) is 5.69 Å². The molecule has 82 valence electrons. The molecule has 0 aliphatic heterocycles. The first-order valence-corrected chi connectivity index (χ1v) is 6.47. The molecule has 3 nitrogen and oxygen atoms in total. The van der Waals surface area contributed by atoms with Crippen molar-refractivity contribution >= 4 is 17.2 Å². The average Bonchev–Trinajstić information content (AvgIpc) is 2.81. The minimum absolute atomic E-state index is 0.0261. The van der Waals surface area contributed by atoms with Crippen molar-refractivity contribution in [3.63, 3.8) is 0 Å². The SMILES string of the molecule is O=C(NCC1CCCCC1)c1cscn1. The number of thiazole rings is 1. The van der Waals surface area contributed by atoms with Crippen LogP contribution in [-0.2, 0) is 0 Å². The number of nitrogens with one attached hydrogen (secondary N) is 1. The zero-order valence-electron chi connectivity index (χ0n) is 8.74. The van der Waals surface area contributed by atoms with Gasteiger partial charge in [-0.3, -0.25) is 4.79 Å². The van der Waals surface area contributed by atoms with Gasteiger partial charge >= 0.3 is 0 Å². The average molecular weight is 224 g/mol. The van der Waals surface area contributed by atoms with Crippen LogP contribution in [-0.4, -0.2) is 17.4 Å². The maximum atomic E-state index is 11.6. The Kier molecular flexibility index (Phi) is 3.72. The molecule has 1 aliphatic rings. The van der Waals surface area contributed by atoms with Crippen LogP contribution in [0, 0.1) is 5.92 Å². The molecule has 1 N–H and O–H groups in total. The van der Waals surface area contributed by atoms with Gasteiger partial charge in [0.25, 0.3) is 5.91 Å². The first-order valence-electron chi connectivity index (χ1n) is 5.52. The third-order valence-corrected chi connectivity index (χ3v) is 3.53. The summed E-state index contributed by atoms with van der Waals surface area (Å²) in [4.78, 5) is 15.6. The van der Waals surface area contributed by atoms with E-state index in [4.69, 9.17) is 0 Å². The molecule has 4 heteroatoms. The van der Waals surface area contributed by atoms with E-state index in [1.54, 1.807) is 10.9 Å². The molecular weight excluding hydrogens is 208 g/mol. The van der Waals surface area contributed by atoms with E-state index in [1.165, 1.54) is 43.4 Å². The lowest BCUT2D eigenvalue weighted by Crippen LogP contribution is -2.30. The van der Waals surface area contributed by atoms with Crippen molar-refractivity contribution < 1.29 is 4.79 Å². The van der Waals surface area contributed by atoms with Gasteiger partial charge in [0, 0.05) is 11.9 Å². The highest BCUT2D eigenvalue weighted by Crippen LogP contribution is 2.22. The van der Waals surface area contributed by atoms with Crippen LogP contribution in [0.4, 0.5) is 0 Å². The van der Waals surface area contributed by atoms with E-state index in [-0.39, 0.29) is 5.91 Å². The summed E-state index contributed by atoms with van der Waals surface area (Å²) in [6, 6.07) is 0. The van der Waals surface area contributed by atoms with Gasteiger partial charge in [-0.15, -0.1) is 11.3 Å². The van der Waals surface area contributed by atoms with Crippen molar-refractivity contribution in [3.05, 3.63) is 16.6 Å². The largest absolute Gasteiger partial charge is 0.350 e. The van der Waals surface area contributed by atoms with Crippen LogP contribution in [0.5, 0.6) is 0 Å². The van der Waals surface area contributed by atoms with Crippen molar-refractivity contribution in [2.75, 3.05) is 6.54 Å². The van der Waals surface area contributed by atoms with Crippen LogP contribution in [0.3, 0.4) is 0 Å². The van der Waals surface area contributed by atoms with Gasteiger partial charge in [0.2, 0.25) is 0 Å². The third kappa shape index (κ3) is 3.02. The summed E-state index contributed by atoms with van der Waals surface area (Å²) in [5.74, 6) is 0.656. The standard InChI is InChI=1S/C11H16N2OS/c14-11(10-7-15-8-13-10)12-6-9-4-2-1-3-5-9/h7-9H,1-6H2,(H,12,14). The summed E-state index contributed by atoms with van der Waals surface area (Å²) < 4.78 is 0. The van der Waals surface area contributed by atoms with Gasteiger partial charge in [-0.05, 0) is 18.8 Å². The molecule has 1 amide bonds. The van der Waals surface area contributed by atoms with Gasteiger partial charge in [0.15, 0.2) is 0 Å². The number of carbonyl (C=O) groups is 1. The van der Waals surface area contributed by atoms with Gasteiger partial charge < -0.3 is 5.32 Å². The molecule has 0 spiro atoms. The minimum Gasteiger partial charge on any atom is -0.350 e. The molecule has 1 aliphatic carbocycles. The fourth-order valence-electron chi connectivity index (χ4n) is 2.04. The number of hydrogen-bond donors (Lipinski definition) is 1. The summed E-state index contributed by atoms with van der Waals surface area (Å²) in [7, 11) is 0. The quantitative estimate of drug-likeness (QED) is 0.857. The smallest absolute Gasteiger partial charge is 0.270 e. The molecule has 0 radical (unpaired) electrons. The highest BCUT2D eigenvalue weighted by molar-refractivity contribution is 7.07. The summed E-state index contributed by atoms with van der Waals surface area (Å²) in [6.07, 6.45) is 6.51. The fraction of sp³-hybridized carbons (Fsp3) is 0.636. The summed E-state index contributed by atoms with van der Waals surface area (Å²) in [5.41, 5.74) is 2.24. The van der Waals surface area contributed by atoms with Crippen molar-refractivity contribution in [2.45, 2.75) is 32.1 Å². The second kappa shape index (κ2) is 5.26. The van der Waals surface area contributed by atoms with E-state index < -0.39 is 0 Å². The van der Waals surface area contributed by atoms with Crippen LogP contribution < -0.4 is 5.32 Å². The van der Waals surface area contributed by atoms with Crippen LogP contribution in [0.2, 0.25) is 0 Å². The van der Waals surface area contributed by atoms with Crippen LogP contribution in [0.25, 0.3) is 0 Å². The molecule has 0 unspecified atom stereocenters. The molecule has 1 aromatic heterocycles. The van der Waals surface area contributed by atoms with E-state index in [0.29, 0.717) is 11.6 Å². The Morgan fingerprint density at radius 2 is 2.27 bits per heavy atom. The maximum Gasteiger partial charge on any atom is 0.270 e. The lowest BCUT2D eigenvalue weighted by molar-refractivity contribution is 0.0939. The van der Waals surface area contributed by atoms with Crippen LogP contribution >= 0.6 is 11.3 Å². The molecular formula is C11H16N2OS.